The molecule has 0 aliphatic rings. The predicted octanol–water partition coefficient (Wildman–Crippen LogP) is 3.02. The number of hydrogen-bond donors (Lipinski definition) is 2. The van der Waals surface area contributed by atoms with Gasteiger partial charge in [-0.1, -0.05) is 12.1 Å². The summed E-state index contributed by atoms with van der Waals surface area (Å²) in [5, 5.41) is 0.835. The summed E-state index contributed by atoms with van der Waals surface area (Å²) in [5.74, 6) is 5.45. The lowest BCUT2D eigenvalue weighted by atomic mass is 10.0. The van der Waals surface area contributed by atoms with Gasteiger partial charge in [-0.3, -0.25) is 5.84 Å². The van der Waals surface area contributed by atoms with Gasteiger partial charge in [0.1, 0.15) is 0 Å². The fraction of sp³-hybridized carbons (Fsp3) is 0.250. The van der Waals surface area contributed by atoms with Gasteiger partial charge in [-0.05, 0) is 24.6 Å². The molecule has 0 spiro atoms. The first kappa shape index (κ1) is 14.0. The van der Waals surface area contributed by atoms with Crippen molar-refractivity contribution in [2.24, 2.45) is 5.84 Å². The van der Waals surface area contributed by atoms with E-state index in [1.807, 2.05) is 6.92 Å². The average Bonchev–Trinajstić information content (AvgIpc) is 2.76. The van der Waals surface area contributed by atoms with E-state index in [1.165, 1.54) is 17.4 Å². The lowest BCUT2D eigenvalue weighted by molar-refractivity contribution is -0.137. The summed E-state index contributed by atoms with van der Waals surface area (Å²) in [4.78, 5) is 4.86. The van der Waals surface area contributed by atoms with Gasteiger partial charge >= 0.3 is 6.18 Å². The summed E-state index contributed by atoms with van der Waals surface area (Å²) in [6.45, 7) is 1.83. The first-order valence-corrected chi connectivity index (χ1v) is 6.29. The van der Waals surface area contributed by atoms with Crippen molar-refractivity contribution in [3.05, 3.63) is 51.5 Å². The normalized spacial score (nSPS) is 13.5. The minimum atomic E-state index is -4.36. The van der Waals surface area contributed by atoms with E-state index in [0.29, 0.717) is 5.56 Å². The number of rotatable bonds is 3. The highest BCUT2D eigenvalue weighted by atomic mass is 32.1. The Bertz CT molecular complexity index is 565. The molecule has 1 heterocycles. The molecule has 0 fully saturated rings. The average molecular weight is 287 g/mol. The monoisotopic (exact) mass is 287 g/mol. The number of nitrogens with one attached hydrogen (secondary N) is 1. The van der Waals surface area contributed by atoms with Crippen LogP contribution in [0.5, 0.6) is 0 Å². The van der Waals surface area contributed by atoms with Gasteiger partial charge in [0.2, 0.25) is 0 Å². The quantitative estimate of drug-likeness (QED) is 0.674. The summed E-state index contributed by atoms with van der Waals surface area (Å²) < 4.78 is 38.0. The van der Waals surface area contributed by atoms with E-state index >= 15 is 0 Å². The van der Waals surface area contributed by atoms with Crippen LogP contribution in [0.4, 0.5) is 13.2 Å². The summed E-state index contributed by atoms with van der Waals surface area (Å²) in [7, 11) is 0. The first-order valence-electron chi connectivity index (χ1n) is 5.47. The number of hydrogen-bond acceptors (Lipinski definition) is 4. The van der Waals surface area contributed by atoms with Crippen molar-refractivity contribution in [1.82, 2.24) is 10.4 Å². The van der Waals surface area contributed by atoms with Crippen LogP contribution < -0.4 is 11.3 Å². The molecule has 0 aliphatic heterocycles. The molecule has 1 unspecified atom stereocenters. The van der Waals surface area contributed by atoms with Crippen LogP contribution in [0.1, 0.15) is 27.1 Å². The molecule has 1 atom stereocenters. The van der Waals surface area contributed by atoms with Crippen LogP contribution in [0, 0.1) is 6.92 Å². The lowest BCUT2D eigenvalue weighted by Crippen LogP contribution is -2.28. The summed E-state index contributed by atoms with van der Waals surface area (Å²) in [6, 6.07) is 4.62. The molecule has 3 nitrogen and oxygen atoms in total. The molecule has 2 aromatic rings. The van der Waals surface area contributed by atoms with Gasteiger partial charge in [0.25, 0.3) is 0 Å². The Morgan fingerprint density at radius 3 is 2.63 bits per heavy atom. The third-order valence-corrected chi connectivity index (χ3v) is 3.62. The Morgan fingerprint density at radius 1 is 1.37 bits per heavy atom. The first-order chi connectivity index (χ1) is 8.91. The number of halogens is 3. The number of thiazole rings is 1. The van der Waals surface area contributed by atoms with Crippen LogP contribution in [0.2, 0.25) is 0 Å². The van der Waals surface area contributed by atoms with E-state index in [1.54, 1.807) is 12.3 Å². The van der Waals surface area contributed by atoms with Crippen molar-refractivity contribution >= 4 is 11.3 Å². The van der Waals surface area contributed by atoms with Crippen LogP contribution in [-0.2, 0) is 6.18 Å². The molecule has 7 heteroatoms. The zero-order valence-electron chi connectivity index (χ0n) is 10.0. The second kappa shape index (κ2) is 5.28. The van der Waals surface area contributed by atoms with Crippen LogP contribution in [-0.4, -0.2) is 4.98 Å². The van der Waals surface area contributed by atoms with Crippen molar-refractivity contribution in [3.8, 4) is 0 Å². The molecule has 0 amide bonds. The van der Waals surface area contributed by atoms with Crippen LogP contribution in [0.25, 0.3) is 0 Å². The number of aryl methyl sites for hydroxylation is 1. The van der Waals surface area contributed by atoms with Gasteiger partial charge in [-0.2, -0.15) is 13.2 Å². The molecule has 102 valence electrons. The highest BCUT2D eigenvalue weighted by Gasteiger charge is 2.31. The minimum Gasteiger partial charge on any atom is -0.271 e. The Hall–Kier alpha value is -1.44. The lowest BCUT2D eigenvalue weighted by Gasteiger charge is -2.16. The van der Waals surface area contributed by atoms with E-state index in [9.17, 15) is 13.2 Å². The summed E-state index contributed by atoms with van der Waals surface area (Å²) in [6.07, 6.45) is -2.75. The summed E-state index contributed by atoms with van der Waals surface area (Å²) >= 11 is 1.39. The van der Waals surface area contributed by atoms with Crippen molar-refractivity contribution in [2.75, 3.05) is 0 Å². The number of nitrogens with two attached hydrogens (primary N) is 1. The second-order valence-electron chi connectivity index (χ2n) is 4.00. The van der Waals surface area contributed by atoms with E-state index in [4.69, 9.17) is 5.84 Å². The molecule has 19 heavy (non-hydrogen) atoms. The van der Waals surface area contributed by atoms with E-state index in [2.05, 4.69) is 10.4 Å². The molecule has 2 rings (SSSR count). The molecular weight excluding hydrogens is 275 g/mol. The number of aromatic nitrogens is 1. The van der Waals surface area contributed by atoms with Crippen LogP contribution in [0.15, 0.2) is 30.5 Å². The fourth-order valence-electron chi connectivity index (χ4n) is 1.75. The van der Waals surface area contributed by atoms with Gasteiger partial charge in [-0.15, -0.1) is 11.3 Å². The summed E-state index contributed by atoms with van der Waals surface area (Å²) in [5.41, 5.74) is 2.30. The molecule has 0 saturated heterocycles. The van der Waals surface area contributed by atoms with Crippen molar-refractivity contribution in [1.29, 1.82) is 0 Å². The Balaban J connectivity index is 2.39. The molecule has 0 saturated carbocycles. The zero-order chi connectivity index (χ0) is 14.0. The standard InChI is InChI=1S/C12H12F3N3S/c1-7-17-6-10(19-7)11(18-16)8-3-2-4-9(5-8)12(13,14)15/h2-6,11,18H,16H2,1H3. The molecule has 1 aromatic heterocycles. The smallest absolute Gasteiger partial charge is 0.271 e. The van der Waals surface area contributed by atoms with Gasteiger partial charge in [0.05, 0.1) is 16.6 Å². The van der Waals surface area contributed by atoms with Crippen LogP contribution in [0.3, 0.4) is 0 Å². The molecule has 1 aromatic carbocycles. The zero-order valence-corrected chi connectivity index (χ0v) is 10.8. The van der Waals surface area contributed by atoms with Gasteiger partial charge < -0.3 is 0 Å². The van der Waals surface area contributed by atoms with Crippen LogP contribution >= 0.6 is 11.3 Å². The van der Waals surface area contributed by atoms with E-state index < -0.39 is 17.8 Å². The van der Waals surface area contributed by atoms with Crippen molar-refractivity contribution in [2.45, 2.75) is 19.1 Å². The van der Waals surface area contributed by atoms with E-state index in [0.717, 1.165) is 22.0 Å². The van der Waals surface area contributed by atoms with Gasteiger partial charge in [-0.25, -0.2) is 10.4 Å². The Morgan fingerprint density at radius 2 is 2.11 bits per heavy atom. The number of nitrogens with zero attached hydrogens (tertiary/aromatic N) is 1. The number of alkyl halides is 3. The number of hydrazine groups is 1. The third-order valence-electron chi connectivity index (χ3n) is 2.64. The Labute approximate surface area is 112 Å². The minimum absolute atomic E-state index is 0.459. The van der Waals surface area contributed by atoms with Crippen molar-refractivity contribution in [3.63, 3.8) is 0 Å². The van der Waals surface area contributed by atoms with E-state index in [-0.39, 0.29) is 0 Å². The molecule has 3 N–H and O–H groups in total. The van der Waals surface area contributed by atoms with Gasteiger partial charge in [0.15, 0.2) is 0 Å². The largest absolute Gasteiger partial charge is 0.416 e. The maximum atomic E-state index is 12.7. The molecule has 0 radical (unpaired) electrons. The van der Waals surface area contributed by atoms with Crippen molar-refractivity contribution < 1.29 is 13.2 Å². The topological polar surface area (TPSA) is 50.9 Å². The van der Waals surface area contributed by atoms with Gasteiger partial charge in [0, 0.05) is 11.1 Å². The SMILES string of the molecule is Cc1ncc(C(NN)c2cccc(C(F)(F)F)c2)s1. The molecule has 0 aliphatic carbocycles. The highest BCUT2D eigenvalue weighted by Crippen LogP contribution is 2.33. The Kier molecular flexibility index (Phi) is 3.88. The second-order valence-corrected chi connectivity index (χ2v) is 5.27. The molecular formula is C12H12F3N3S. The number of benzene rings is 1. The third kappa shape index (κ3) is 3.12. The highest BCUT2D eigenvalue weighted by molar-refractivity contribution is 7.11. The predicted molar refractivity (Wildman–Crippen MR) is 67.5 cm³/mol. The maximum Gasteiger partial charge on any atom is 0.416 e. The molecule has 0 bridgehead atoms. The maximum absolute atomic E-state index is 12.7. The fourth-order valence-corrected chi connectivity index (χ4v) is 2.62.